The van der Waals surface area contributed by atoms with E-state index in [1.54, 1.807) is 24.4 Å². The van der Waals surface area contributed by atoms with Gasteiger partial charge in [0.05, 0.1) is 19.2 Å². The number of ether oxygens (including phenoxy) is 1. The van der Waals surface area contributed by atoms with Gasteiger partial charge in [0.25, 0.3) is 5.91 Å². The van der Waals surface area contributed by atoms with Crippen LogP contribution in [0.1, 0.15) is 33.2 Å². The van der Waals surface area contributed by atoms with Crippen molar-refractivity contribution in [2.45, 2.75) is 44.9 Å². The lowest BCUT2D eigenvalue weighted by Gasteiger charge is -2.10. The van der Waals surface area contributed by atoms with Crippen molar-refractivity contribution in [3.8, 4) is 5.75 Å². The number of nitrogens with one attached hydrogen (secondary N) is 2. The molecular formula is C24H22F4N8O3S. The number of hydrogen-bond donors (Lipinski definition) is 2. The number of carbonyl (C=O) groups is 2. The number of carbonyl (C=O) groups excluding carboxylic acids is 2. The molecule has 0 saturated heterocycles. The summed E-state index contributed by atoms with van der Waals surface area (Å²) >= 11 is 1.14. The second-order valence-corrected chi connectivity index (χ2v) is 9.45. The molecule has 4 rings (SSSR count). The Labute approximate surface area is 228 Å². The number of halogens is 4. The van der Waals surface area contributed by atoms with Crippen molar-refractivity contribution in [3.63, 3.8) is 0 Å². The first-order chi connectivity index (χ1) is 19.1. The zero-order valence-corrected chi connectivity index (χ0v) is 21.5. The number of alkyl halides is 4. The predicted molar refractivity (Wildman–Crippen MR) is 134 cm³/mol. The molecule has 0 aliphatic rings. The highest BCUT2D eigenvalue weighted by Gasteiger charge is 2.31. The summed E-state index contributed by atoms with van der Waals surface area (Å²) in [5.41, 5.74) is 0.910. The average Bonchev–Trinajstić information content (AvgIpc) is 3.55. The SMILES string of the molecule is O=C(Cc1ccccn1)Nc1nnc(CCC(F)Cn2cc(C(=O)NCc3cccc(OC(F)(F)F)c3)nn2)s1. The maximum absolute atomic E-state index is 14.6. The summed E-state index contributed by atoms with van der Waals surface area (Å²) in [5, 5.41) is 21.4. The molecule has 2 amide bonds. The topological polar surface area (TPSA) is 137 Å². The van der Waals surface area contributed by atoms with Gasteiger partial charge in [-0.15, -0.1) is 28.5 Å². The third kappa shape index (κ3) is 9.07. The van der Waals surface area contributed by atoms with Crippen LogP contribution in [0.2, 0.25) is 0 Å². The number of amides is 2. The van der Waals surface area contributed by atoms with Gasteiger partial charge in [0, 0.05) is 24.9 Å². The Morgan fingerprint density at radius 2 is 1.95 bits per heavy atom. The van der Waals surface area contributed by atoms with Crippen LogP contribution in [-0.2, 0) is 30.7 Å². The lowest BCUT2D eigenvalue weighted by atomic mass is 10.2. The van der Waals surface area contributed by atoms with Crippen LogP contribution in [0.15, 0.2) is 54.9 Å². The first kappa shape index (κ1) is 28.5. The number of pyridine rings is 1. The summed E-state index contributed by atoms with van der Waals surface area (Å²) in [6.07, 6.45) is -2.84. The van der Waals surface area contributed by atoms with Crippen LogP contribution >= 0.6 is 11.3 Å². The summed E-state index contributed by atoms with van der Waals surface area (Å²) in [6, 6.07) is 10.4. The van der Waals surface area contributed by atoms with E-state index >= 15 is 0 Å². The Morgan fingerprint density at radius 3 is 2.73 bits per heavy atom. The number of anilines is 1. The van der Waals surface area contributed by atoms with Gasteiger partial charge in [-0.1, -0.05) is 34.7 Å². The number of benzene rings is 1. The lowest BCUT2D eigenvalue weighted by molar-refractivity contribution is -0.274. The fraction of sp³-hybridized carbons (Fsp3) is 0.292. The van der Waals surface area contributed by atoms with E-state index < -0.39 is 24.2 Å². The van der Waals surface area contributed by atoms with Crippen molar-refractivity contribution < 1.29 is 31.9 Å². The normalized spacial score (nSPS) is 12.1. The van der Waals surface area contributed by atoms with Crippen molar-refractivity contribution in [2.75, 3.05) is 5.32 Å². The molecule has 0 aliphatic heterocycles. The molecule has 3 aromatic heterocycles. The van der Waals surface area contributed by atoms with Gasteiger partial charge in [0.15, 0.2) is 5.69 Å². The Balaban J connectivity index is 1.20. The van der Waals surface area contributed by atoms with Crippen LogP contribution in [0.3, 0.4) is 0 Å². The van der Waals surface area contributed by atoms with Gasteiger partial charge >= 0.3 is 6.36 Å². The quantitative estimate of drug-likeness (QED) is 0.244. The highest BCUT2D eigenvalue weighted by molar-refractivity contribution is 7.15. The highest BCUT2D eigenvalue weighted by Crippen LogP contribution is 2.23. The standard InChI is InChI=1S/C24H22F4N8O3S/c25-16(7-8-21-33-34-23(40-21)31-20(37)11-17-5-1-2-9-29-17)13-36-14-19(32-35-36)22(38)30-12-15-4-3-6-18(10-15)39-24(26,27)28/h1-6,9-10,14,16H,7-8,11-13H2,(H,30,38)(H,31,34,37). The number of rotatable bonds is 12. The molecule has 0 aliphatic carbocycles. The van der Waals surface area contributed by atoms with Crippen molar-refractivity contribution in [2.24, 2.45) is 0 Å². The van der Waals surface area contributed by atoms with Gasteiger partial charge in [0.1, 0.15) is 16.9 Å². The number of aryl methyl sites for hydroxylation is 1. The number of aromatic nitrogens is 6. The van der Waals surface area contributed by atoms with Crippen LogP contribution in [0.25, 0.3) is 0 Å². The molecule has 40 heavy (non-hydrogen) atoms. The highest BCUT2D eigenvalue weighted by atomic mass is 32.1. The van der Waals surface area contributed by atoms with E-state index in [0.717, 1.165) is 23.5 Å². The molecule has 0 radical (unpaired) electrons. The van der Waals surface area contributed by atoms with E-state index in [-0.39, 0.29) is 44.0 Å². The predicted octanol–water partition coefficient (Wildman–Crippen LogP) is 3.51. The van der Waals surface area contributed by atoms with Gasteiger partial charge in [-0.25, -0.2) is 9.07 Å². The Hall–Kier alpha value is -4.47. The van der Waals surface area contributed by atoms with Gasteiger partial charge in [-0.3, -0.25) is 14.6 Å². The molecule has 0 fully saturated rings. The minimum Gasteiger partial charge on any atom is -0.406 e. The molecule has 16 heteroatoms. The van der Waals surface area contributed by atoms with Crippen LogP contribution < -0.4 is 15.4 Å². The lowest BCUT2D eigenvalue weighted by Crippen LogP contribution is -2.23. The van der Waals surface area contributed by atoms with E-state index in [9.17, 15) is 27.2 Å². The van der Waals surface area contributed by atoms with E-state index in [4.69, 9.17) is 0 Å². The summed E-state index contributed by atoms with van der Waals surface area (Å²) < 4.78 is 56.8. The van der Waals surface area contributed by atoms with E-state index in [1.165, 1.54) is 23.0 Å². The van der Waals surface area contributed by atoms with Crippen molar-refractivity contribution in [3.05, 3.63) is 76.8 Å². The van der Waals surface area contributed by atoms with Gasteiger partial charge in [-0.2, -0.15) is 0 Å². The molecule has 1 atom stereocenters. The summed E-state index contributed by atoms with van der Waals surface area (Å²) in [6.45, 7) is -0.247. The van der Waals surface area contributed by atoms with Crippen molar-refractivity contribution in [1.29, 1.82) is 0 Å². The molecule has 2 N–H and O–H groups in total. The minimum atomic E-state index is -4.83. The largest absolute Gasteiger partial charge is 0.573 e. The number of hydrogen-bond acceptors (Lipinski definition) is 9. The second-order valence-electron chi connectivity index (χ2n) is 8.39. The molecule has 11 nitrogen and oxygen atoms in total. The Bertz CT molecular complexity index is 1430. The van der Waals surface area contributed by atoms with Gasteiger partial charge in [-0.05, 0) is 36.2 Å². The fourth-order valence-electron chi connectivity index (χ4n) is 3.43. The molecule has 1 aromatic carbocycles. The Kier molecular flexibility index (Phi) is 9.31. The molecule has 210 valence electrons. The smallest absolute Gasteiger partial charge is 0.406 e. The van der Waals surface area contributed by atoms with E-state index in [1.807, 2.05) is 0 Å². The molecule has 3 heterocycles. The minimum absolute atomic E-state index is 0.0786. The van der Waals surface area contributed by atoms with Gasteiger partial charge < -0.3 is 15.4 Å². The fourth-order valence-corrected chi connectivity index (χ4v) is 4.20. The zero-order valence-electron chi connectivity index (χ0n) is 20.6. The summed E-state index contributed by atoms with van der Waals surface area (Å²) in [4.78, 5) is 28.6. The van der Waals surface area contributed by atoms with Crippen LogP contribution in [0, 0.1) is 0 Å². The monoisotopic (exact) mass is 578 g/mol. The molecule has 1 unspecified atom stereocenters. The molecular weight excluding hydrogens is 556 g/mol. The third-order valence-corrected chi connectivity index (χ3v) is 6.09. The zero-order chi connectivity index (χ0) is 28.5. The van der Waals surface area contributed by atoms with E-state index in [2.05, 4.69) is 40.9 Å². The number of nitrogens with zero attached hydrogens (tertiary/aromatic N) is 6. The van der Waals surface area contributed by atoms with Crippen molar-refractivity contribution >= 4 is 28.3 Å². The first-order valence-corrected chi connectivity index (χ1v) is 12.6. The Morgan fingerprint density at radius 1 is 1.10 bits per heavy atom. The summed E-state index contributed by atoms with van der Waals surface area (Å²) in [5.74, 6) is -1.33. The van der Waals surface area contributed by atoms with Gasteiger partial charge in [0.2, 0.25) is 11.0 Å². The van der Waals surface area contributed by atoms with E-state index in [0.29, 0.717) is 21.4 Å². The van der Waals surface area contributed by atoms with Crippen LogP contribution in [0.5, 0.6) is 5.75 Å². The average molecular weight is 579 g/mol. The molecule has 0 bridgehead atoms. The van der Waals surface area contributed by atoms with Crippen LogP contribution in [-0.4, -0.2) is 54.5 Å². The third-order valence-electron chi connectivity index (χ3n) is 5.19. The second kappa shape index (κ2) is 13.1. The molecule has 0 spiro atoms. The molecule has 4 aromatic rings. The maximum atomic E-state index is 14.6. The maximum Gasteiger partial charge on any atom is 0.573 e. The van der Waals surface area contributed by atoms with Crippen molar-refractivity contribution in [1.82, 2.24) is 35.5 Å². The first-order valence-electron chi connectivity index (χ1n) is 11.8. The van der Waals surface area contributed by atoms with Crippen LogP contribution in [0.4, 0.5) is 22.7 Å². The summed E-state index contributed by atoms with van der Waals surface area (Å²) in [7, 11) is 0. The molecule has 0 saturated carbocycles.